The van der Waals surface area contributed by atoms with Crippen molar-refractivity contribution in [1.82, 2.24) is 14.7 Å². The zero-order chi connectivity index (χ0) is 21.1. The Bertz CT molecular complexity index is 1040. The first kappa shape index (κ1) is 19.9. The van der Waals surface area contributed by atoms with Gasteiger partial charge >= 0.3 is 5.97 Å². The van der Waals surface area contributed by atoms with Crippen LogP contribution in [0.3, 0.4) is 0 Å². The molecule has 2 aromatic heterocycles. The number of esters is 1. The summed E-state index contributed by atoms with van der Waals surface area (Å²) in [5, 5.41) is 4.71. The van der Waals surface area contributed by atoms with Crippen molar-refractivity contribution >= 4 is 11.9 Å². The third kappa shape index (κ3) is 4.13. The number of piperidine rings is 1. The van der Waals surface area contributed by atoms with Crippen LogP contribution < -0.4 is 5.73 Å². The van der Waals surface area contributed by atoms with E-state index in [1.54, 1.807) is 16.9 Å². The maximum Gasteiger partial charge on any atom is 0.341 e. The molecule has 0 radical (unpaired) electrons. The smallest absolute Gasteiger partial charge is 0.341 e. The van der Waals surface area contributed by atoms with E-state index in [2.05, 4.69) is 4.90 Å². The molecule has 4 rings (SSSR count). The summed E-state index contributed by atoms with van der Waals surface area (Å²) in [5.41, 5.74) is 8.11. The average molecular weight is 408 g/mol. The lowest BCUT2D eigenvalue weighted by molar-refractivity contribution is 0.0599. The van der Waals surface area contributed by atoms with E-state index in [0.717, 1.165) is 37.3 Å². The van der Waals surface area contributed by atoms with Crippen molar-refractivity contribution in [1.29, 1.82) is 0 Å². The van der Waals surface area contributed by atoms with Crippen molar-refractivity contribution in [2.75, 3.05) is 20.2 Å². The minimum absolute atomic E-state index is 0.0845. The number of amides is 1. The molecule has 0 spiro atoms. The second-order valence-corrected chi connectivity index (χ2v) is 7.44. The number of para-hydroxylation sites is 1. The summed E-state index contributed by atoms with van der Waals surface area (Å²) in [7, 11) is 1.34. The van der Waals surface area contributed by atoms with Crippen LogP contribution in [0.15, 0.2) is 53.3 Å². The Morgan fingerprint density at radius 3 is 2.83 bits per heavy atom. The molecule has 30 heavy (non-hydrogen) atoms. The van der Waals surface area contributed by atoms with Crippen LogP contribution >= 0.6 is 0 Å². The van der Waals surface area contributed by atoms with Crippen molar-refractivity contribution in [2.45, 2.75) is 25.3 Å². The molecular weight excluding hydrogens is 384 g/mol. The first-order chi connectivity index (χ1) is 14.5. The highest BCUT2D eigenvalue weighted by atomic mass is 16.5. The molecule has 1 saturated heterocycles. The number of hydrogen-bond donors (Lipinski definition) is 1. The summed E-state index contributed by atoms with van der Waals surface area (Å²) in [6, 6.07) is 11.4. The molecule has 8 nitrogen and oxygen atoms in total. The van der Waals surface area contributed by atoms with Gasteiger partial charge in [0, 0.05) is 18.7 Å². The van der Waals surface area contributed by atoms with Gasteiger partial charge in [0.1, 0.15) is 12.0 Å². The van der Waals surface area contributed by atoms with Crippen LogP contribution in [0.2, 0.25) is 0 Å². The lowest BCUT2D eigenvalue weighted by Crippen LogP contribution is -2.34. The Morgan fingerprint density at radius 2 is 2.10 bits per heavy atom. The fraction of sp³-hybridized carbons (Fsp3) is 0.318. The zero-order valence-corrected chi connectivity index (χ0v) is 16.8. The maximum absolute atomic E-state index is 12.1. The van der Waals surface area contributed by atoms with E-state index in [9.17, 15) is 9.59 Å². The fourth-order valence-electron chi connectivity index (χ4n) is 3.92. The summed E-state index contributed by atoms with van der Waals surface area (Å²) in [6.45, 7) is 2.19. The van der Waals surface area contributed by atoms with E-state index in [4.69, 9.17) is 20.0 Å². The summed E-state index contributed by atoms with van der Waals surface area (Å²) < 4.78 is 12.0. The number of ether oxygens (including phenoxy) is 1. The summed E-state index contributed by atoms with van der Waals surface area (Å²) in [5.74, 6) is -0.112. The van der Waals surface area contributed by atoms with Gasteiger partial charge in [-0.05, 0) is 37.6 Å². The fourth-order valence-corrected chi connectivity index (χ4v) is 3.92. The molecule has 0 saturated carbocycles. The lowest BCUT2D eigenvalue weighted by Gasteiger charge is -2.31. The lowest BCUT2D eigenvalue weighted by atomic mass is 9.92. The number of nitrogens with two attached hydrogens (primary N) is 1. The van der Waals surface area contributed by atoms with Gasteiger partial charge in [0.25, 0.3) is 5.91 Å². The molecule has 1 atom stereocenters. The molecule has 0 aliphatic carbocycles. The molecule has 156 valence electrons. The Morgan fingerprint density at radius 1 is 1.30 bits per heavy atom. The van der Waals surface area contributed by atoms with Crippen molar-refractivity contribution in [3.8, 4) is 5.69 Å². The number of nitrogens with zero attached hydrogens (tertiary/aromatic N) is 3. The van der Waals surface area contributed by atoms with Crippen LogP contribution in [0.25, 0.3) is 5.69 Å². The van der Waals surface area contributed by atoms with Crippen LogP contribution in [0.1, 0.15) is 50.9 Å². The third-order valence-corrected chi connectivity index (χ3v) is 5.38. The minimum Gasteiger partial charge on any atom is -0.467 e. The highest BCUT2D eigenvalue weighted by Gasteiger charge is 2.28. The van der Waals surface area contributed by atoms with Crippen LogP contribution in [-0.2, 0) is 11.3 Å². The molecule has 8 heteroatoms. The number of methoxy groups -OCH3 is 1. The number of primary amides is 1. The van der Waals surface area contributed by atoms with Gasteiger partial charge in [-0.25, -0.2) is 9.48 Å². The van der Waals surface area contributed by atoms with E-state index in [-0.39, 0.29) is 5.92 Å². The van der Waals surface area contributed by atoms with Gasteiger partial charge in [-0.3, -0.25) is 9.69 Å². The third-order valence-electron chi connectivity index (χ3n) is 5.38. The molecule has 3 heterocycles. The van der Waals surface area contributed by atoms with Gasteiger partial charge in [0.2, 0.25) is 0 Å². The highest BCUT2D eigenvalue weighted by Crippen LogP contribution is 2.30. The molecular formula is C22H24N4O4. The van der Waals surface area contributed by atoms with Crippen molar-refractivity contribution in [3.63, 3.8) is 0 Å². The number of aromatic nitrogens is 2. The van der Waals surface area contributed by atoms with E-state index in [1.807, 2.05) is 30.3 Å². The normalized spacial score (nSPS) is 17.0. The van der Waals surface area contributed by atoms with E-state index in [0.29, 0.717) is 23.4 Å². The molecule has 1 aliphatic rings. The first-order valence-electron chi connectivity index (χ1n) is 9.88. The molecule has 1 aromatic carbocycles. The molecule has 2 N–H and O–H groups in total. The van der Waals surface area contributed by atoms with Crippen molar-refractivity contribution in [3.05, 3.63) is 71.4 Å². The zero-order valence-electron chi connectivity index (χ0n) is 16.8. The number of carbonyl (C=O) groups excluding carboxylic acids is 2. The van der Waals surface area contributed by atoms with Gasteiger partial charge < -0.3 is 14.9 Å². The van der Waals surface area contributed by atoms with Crippen LogP contribution in [0.5, 0.6) is 0 Å². The van der Waals surface area contributed by atoms with Crippen molar-refractivity contribution in [2.24, 2.45) is 5.73 Å². The second-order valence-electron chi connectivity index (χ2n) is 7.44. The van der Waals surface area contributed by atoms with Gasteiger partial charge in [0.05, 0.1) is 36.2 Å². The van der Waals surface area contributed by atoms with E-state index < -0.39 is 11.9 Å². The van der Waals surface area contributed by atoms with Crippen LogP contribution in [0.4, 0.5) is 0 Å². The average Bonchev–Trinajstić information content (AvgIpc) is 3.42. The number of benzene rings is 1. The maximum atomic E-state index is 12.1. The summed E-state index contributed by atoms with van der Waals surface area (Å²) >= 11 is 0. The molecule has 1 unspecified atom stereocenters. The van der Waals surface area contributed by atoms with Gasteiger partial charge in [-0.15, -0.1) is 0 Å². The summed E-state index contributed by atoms with van der Waals surface area (Å²) in [4.78, 5) is 25.9. The first-order valence-corrected chi connectivity index (χ1v) is 9.88. The SMILES string of the molecule is COC(=O)c1coc(CN2CCCC(c3nn(-c4ccccc4)cc3C(N)=O)C2)c1. The largest absolute Gasteiger partial charge is 0.467 e. The molecule has 1 aliphatic heterocycles. The second kappa shape index (κ2) is 8.54. The van der Waals surface area contributed by atoms with Crippen molar-refractivity contribution < 1.29 is 18.7 Å². The van der Waals surface area contributed by atoms with E-state index >= 15 is 0 Å². The molecule has 1 amide bonds. The predicted octanol–water partition coefficient (Wildman–Crippen LogP) is 2.73. The number of carbonyl (C=O) groups is 2. The summed E-state index contributed by atoms with van der Waals surface area (Å²) in [6.07, 6.45) is 5.01. The number of rotatable bonds is 6. The number of hydrogen-bond acceptors (Lipinski definition) is 6. The minimum atomic E-state index is -0.474. The Kier molecular flexibility index (Phi) is 5.67. The monoisotopic (exact) mass is 408 g/mol. The van der Waals surface area contributed by atoms with Gasteiger partial charge in [-0.2, -0.15) is 5.10 Å². The standard InChI is InChI=1S/C22H24N4O4/c1-29-22(28)16-10-18(30-14-16)12-25-9-5-6-15(11-25)20-19(21(23)27)13-26(24-20)17-7-3-2-4-8-17/h2-4,7-8,10,13-15H,5-6,9,11-12H2,1H3,(H2,23,27). The van der Waals surface area contributed by atoms with Gasteiger partial charge in [-0.1, -0.05) is 18.2 Å². The van der Waals surface area contributed by atoms with Crippen LogP contribution in [0, 0.1) is 0 Å². The highest BCUT2D eigenvalue weighted by molar-refractivity contribution is 5.94. The molecule has 3 aromatic rings. The van der Waals surface area contributed by atoms with Gasteiger partial charge in [0.15, 0.2) is 0 Å². The number of likely N-dealkylation sites (tertiary alicyclic amines) is 1. The molecule has 0 bridgehead atoms. The Labute approximate surface area is 174 Å². The Balaban J connectivity index is 1.53. The quantitative estimate of drug-likeness (QED) is 0.629. The predicted molar refractivity (Wildman–Crippen MR) is 109 cm³/mol. The molecule has 1 fully saturated rings. The number of furan rings is 1. The Hall–Kier alpha value is -3.39. The van der Waals surface area contributed by atoms with Crippen LogP contribution in [-0.4, -0.2) is 46.8 Å². The topological polar surface area (TPSA) is 104 Å². The van der Waals surface area contributed by atoms with E-state index in [1.165, 1.54) is 13.4 Å².